The van der Waals surface area contributed by atoms with Crippen LogP contribution in [0.4, 0.5) is 0 Å². The molecular formula is C10H15NS. The molecule has 0 atom stereocenters. The zero-order valence-electron chi connectivity index (χ0n) is 7.65. The van der Waals surface area contributed by atoms with E-state index in [0.29, 0.717) is 0 Å². The third-order valence-electron chi connectivity index (χ3n) is 1.81. The molecule has 0 saturated heterocycles. The van der Waals surface area contributed by atoms with Gasteiger partial charge in [-0.15, -0.1) is 12.6 Å². The van der Waals surface area contributed by atoms with E-state index in [4.69, 9.17) is 0 Å². The monoisotopic (exact) mass is 181 g/mol. The molecule has 66 valence electrons. The van der Waals surface area contributed by atoms with Gasteiger partial charge in [-0.3, -0.25) is 0 Å². The number of rotatable bonds is 2. The Kier molecular flexibility index (Phi) is 3.04. The molecule has 0 aliphatic heterocycles. The molecule has 0 unspecified atom stereocenters. The van der Waals surface area contributed by atoms with E-state index in [0.717, 1.165) is 29.1 Å². The lowest BCUT2D eigenvalue weighted by molar-refractivity contribution is 0.885. The molecule has 0 aromatic carbocycles. The molecule has 1 aliphatic carbocycles. The summed E-state index contributed by atoms with van der Waals surface area (Å²) < 4.78 is 0. The minimum Gasteiger partial charge on any atom is -0.359 e. The molecule has 0 fully saturated rings. The largest absolute Gasteiger partial charge is 0.359 e. The Labute approximate surface area is 79.7 Å². The van der Waals surface area contributed by atoms with Gasteiger partial charge in [0.15, 0.2) is 0 Å². The van der Waals surface area contributed by atoms with Crippen LogP contribution in [0, 0.1) is 0 Å². The van der Waals surface area contributed by atoms with Crippen LogP contribution in [0.15, 0.2) is 34.5 Å². The van der Waals surface area contributed by atoms with Gasteiger partial charge in [-0.25, -0.2) is 0 Å². The molecule has 1 N–H and O–H groups in total. The van der Waals surface area contributed by atoms with Crippen molar-refractivity contribution in [3.8, 4) is 0 Å². The van der Waals surface area contributed by atoms with Gasteiger partial charge >= 0.3 is 0 Å². The van der Waals surface area contributed by atoms with E-state index in [1.165, 1.54) is 5.57 Å². The van der Waals surface area contributed by atoms with Crippen molar-refractivity contribution in [2.75, 3.05) is 0 Å². The molecule has 2 heteroatoms. The van der Waals surface area contributed by atoms with Crippen molar-refractivity contribution >= 4 is 12.6 Å². The normalized spacial score (nSPS) is 17.4. The lowest BCUT2D eigenvalue weighted by atomic mass is 10.0. The summed E-state index contributed by atoms with van der Waals surface area (Å²) in [6.45, 7) is 7.89. The third kappa shape index (κ3) is 2.45. The second-order valence-electron chi connectivity index (χ2n) is 3.26. The van der Waals surface area contributed by atoms with Gasteiger partial charge in [-0.1, -0.05) is 12.2 Å². The second kappa shape index (κ2) is 3.85. The summed E-state index contributed by atoms with van der Waals surface area (Å²) in [5.74, 6) is 0. The van der Waals surface area contributed by atoms with Gasteiger partial charge in [0.1, 0.15) is 0 Å². The van der Waals surface area contributed by atoms with E-state index in [2.05, 4.69) is 37.5 Å². The summed E-state index contributed by atoms with van der Waals surface area (Å²) in [5.41, 5.74) is 3.47. The maximum Gasteiger partial charge on any atom is 0.0475 e. The molecule has 0 saturated carbocycles. The molecule has 1 aliphatic rings. The van der Waals surface area contributed by atoms with Gasteiger partial charge in [-0.05, 0) is 32.8 Å². The lowest BCUT2D eigenvalue weighted by Gasteiger charge is -2.16. The van der Waals surface area contributed by atoms with Gasteiger partial charge in [0.25, 0.3) is 0 Å². The van der Waals surface area contributed by atoms with E-state index in [9.17, 15) is 0 Å². The van der Waals surface area contributed by atoms with Crippen molar-refractivity contribution in [1.82, 2.24) is 5.32 Å². The predicted molar refractivity (Wildman–Crippen MR) is 57.0 cm³/mol. The summed E-state index contributed by atoms with van der Waals surface area (Å²) in [7, 11) is 0. The zero-order valence-corrected chi connectivity index (χ0v) is 8.54. The quantitative estimate of drug-likeness (QED) is 0.624. The zero-order chi connectivity index (χ0) is 9.14. The Hall–Kier alpha value is -0.630. The van der Waals surface area contributed by atoms with Crippen LogP contribution in [-0.4, -0.2) is 0 Å². The average molecular weight is 181 g/mol. The van der Waals surface area contributed by atoms with Gasteiger partial charge < -0.3 is 5.32 Å². The molecule has 0 amide bonds. The molecule has 0 spiro atoms. The lowest BCUT2D eigenvalue weighted by Crippen LogP contribution is -2.11. The molecule has 0 aromatic rings. The van der Waals surface area contributed by atoms with Crippen LogP contribution < -0.4 is 5.32 Å². The maximum absolute atomic E-state index is 4.40. The Morgan fingerprint density at radius 1 is 1.58 bits per heavy atom. The molecule has 0 aromatic heterocycles. The highest BCUT2D eigenvalue weighted by atomic mass is 32.1. The van der Waals surface area contributed by atoms with Crippen LogP contribution in [0.5, 0.6) is 0 Å². The Morgan fingerprint density at radius 2 is 2.25 bits per heavy atom. The fourth-order valence-electron chi connectivity index (χ4n) is 1.19. The third-order valence-corrected chi connectivity index (χ3v) is 2.27. The highest BCUT2D eigenvalue weighted by Gasteiger charge is 2.07. The van der Waals surface area contributed by atoms with E-state index in [-0.39, 0.29) is 0 Å². The minimum atomic E-state index is 0.961. The highest BCUT2D eigenvalue weighted by molar-refractivity contribution is 7.84. The van der Waals surface area contributed by atoms with Gasteiger partial charge in [0.05, 0.1) is 0 Å². The van der Waals surface area contributed by atoms with Gasteiger partial charge in [0, 0.05) is 16.3 Å². The molecule has 0 bridgehead atoms. The van der Waals surface area contributed by atoms with Crippen molar-refractivity contribution in [3.63, 3.8) is 0 Å². The first-order valence-corrected chi connectivity index (χ1v) is 4.56. The summed E-state index contributed by atoms with van der Waals surface area (Å²) in [6, 6.07) is 0. The first-order valence-electron chi connectivity index (χ1n) is 4.11. The molecule has 12 heavy (non-hydrogen) atoms. The number of nitrogens with one attached hydrogen (secondary N) is 1. The summed E-state index contributed by atoms with van der Waals surface area (Å²) >= 11 is 4.40. The Morgan fingerprint density at radius 3 is 2.83 bits per heavy atom. The SMILES string of the molecule is C=C(C)NC1=C(S)CCC(C)=C1. The van der Waals surface area contributed by atoms with Crippen molar-refractivity contribution in [2.24, 2.45) is 0 Å². The summed E-state index contributed by atoms with van der Waals surface area (Å²) in [5, 5.41) is 3.19. The van der Waals surface area contributed by atoms with Crippen LogP contribution in [0.3, 0.4) is 0 Å². The molecule has 1 rings (SSSR count). The van der Waals surface area contributed by atoms with Crippen LogP contribution in [0.1, 0.15) is 26.7 Å². The smallest absolute Gasteiger partial charge is 0.0475 e. The first-order chi connectivity index (χ1) is 5.59. The number of allylic oxidation sites excluding steroid dienone is 4. The summed E-state index contributed by atoms with van der Waals surface area (Å²) in [6.07, 6.45) is 4.31. The van der Waals surface area contributed by atoms with Crippen LogP contribution in [0.2, 0.25) is 0 Å². The van der Waals surface area contributed by atoms with E-state index in [1.54, 1.807) is 0 Å². The Bertz CT molecular complexity index is 261. The van der Waals surface area contributed by atoms with Gasteiger partial charge in [-0.2, -0.15) is 0 Å². The fraction of sp³-hybridized carbons (Fsp3) is 0.400. The highest BCUT2D eigenvalue weighted by Crippen LogP contribution is 2.24. The predicted octanol–water partition coefficient (Wildman–Crippen LogP) is 2.99. The Balaban J connectivity index is 2.78. The van der Waals surface area contributed by atoms with Crippen molar-refractivity contribution in [1.29, 1.82) is 0 Å². The maximum atomic E-state index is 4.40. The summed E-state index contributed by atoms with van der Waals surface area (Å²) in [4.78, 5) is 1.13. The molecule has 1 nitrogen and oxygen atoms in total. The van der Waals surface area contributed by atoms with Crippen molar-refractivity contribution in [2.45, 2.75) is 26.7 Å². The average Bonchev–Trinajstić information content (AvgIpc) is 1.96. The first kappa shape index (κ1) is 9.46. The van der Waals surface area contributed by atoms with Crippen LogP contribution in [-0.2, 0) is 0 Å². The number of thiol groups is 1. The van der Waals surface area contributed by atoms with Crippen LogP contribution >= 0.6 is 12.6 Å². The molecule has 0 radical (unpaired) electrons. The van der Waals surface area contributed by atoms with E-state index >= 15 is 0 Å². The molecular weight excluding hydrogens is 166 g/mol. The van der Waals surface area contributed by atoms with E-state index < -0.39 is 0 Å². The van der Waals surface area contributed by atoms with Gasteiger partial charge in [0.2, 0.25) is 0 Å². The number of hydrogen-bond donors (Lipinski definition) is 2. The van der Waals surface area contributed by atoms with E-state index in [1.807, 2.05) is 6.92 Å². The van der Waals surface area contributed by atoms with Crippen molar-refractivity contribution < 1.29 is 0 Å². The minimum absolute atomic E-state index is 0.961. The second-order valence-corrected chi connectivity index (χ2v) is 3.80. The van der Waals surface area contributed by atoms with Crippen LogP contribution in [0.25, 0.3) is 0 Å². The number of hydrogen-bond acceptors (Lipinski definition) is 2. The fourth-order valence-corrected chi connectivity index (χ4v) is 1.42. The standard InChI is InChI=1S/C10H15NS/c1-7(2)11-9-6-8(3)4-5-10(9)12/h6,11-12H,1,4-5H2,2-3H3. The topological polar surface area (TPSA) is 12.0 Å². The molecule has 0 heterocycles. The van der Waals surface area contributed by atoms with Crippen molar-refractivity contribution in [3.05, 3.63) is 34.5 Å².